The van der Waals surface area contributed by atoms with Crippen molar-refractivity contribution in [1.82, 2.24) is 0 Å². The van der Waals surface area contributed by atoms with Crippen molar-refractivity contribution in [3.05, 3.63) is 0 Å². The molecule has 0 spiro atoms. The van der Waals surface area contributed by atoms with Crippen LogP contribution in [0.25, 0.3) is 0 Å². The van der Waals surface area contributed by atoms with Crippen molar-refractivity contribution < 1.29 is 8.85 Å². The lowest BCUT2D eigenvalue weighted by Crippen LogP contribution is -2.32. The highest BCUT2D eigenvalue weighted by Crippen LogP contribution is 2.07. The predicted octanol–water partition coefficient (Wildman–Crippen LogP) is 2.80. The molecule has 0 heterocycles. The van der Waals surface area contributed by atoms with Crippen molar-refractivity contribution in [2.75, 3.05) is 13.2 Å². The Hall–Kier alpha value is 0.314. The predicted molar refractivity (Wildman–Crippen MR) is 75.8 cm³/mol. The highest BCUT2D eigenvalue weighted by molar-refractivity contribution is 6.70. The topological polar surface area (TPSA) is 44.5 Å². The first-order chi connectivity index (χ1) is 7.10. The molecule has 0 saturated carbocycles. The standard InChI is InChI=1S/C11H29NO2Si2/c1-15(2,3)13-9-7-11(12)8-10-14-16(4,5)6/h11H,7-10,12H2,1-6H3. The fourth-order valence-electron chi connectivity index (χ4n) is 1.18. The maximum Gasteiger partial charge on any atom is 0.183 e. The molecular weight excluding hydrogens is 234 g/mol. The first kappa shape index (κ1) is 16.3. The van der Waals surface area contributed by atoms with Crippen LogP contribution in [-0.4, -0.2) is 35.9 Å². The first-order valence-electron chi connectivity index (χ1n) is 6.14. The zero-order valence-electron chi connectivity index (χ0n) is 11.8. The Balaban J connectivity index is 3.49. The largest absolute Gasteiger partial charge is 0.418 e. The maximum atomic E-state index is 6.00. The molecule has 3 nitrogen and oxygen atoms in total. The molecule has 0 atom stereocenters. The van der Waals surface area contributed by atoms with Gasteiger partial charge in [-0.1, -0.05) is 0 Å². The number of nitrogens with two attached hydrogens (primary N) is 1. The van der Waals surface area contributed by atoms with E-state index in [0.29, 0.717) is 0 Å². The van der Waals surface area contributed by atoms with Crippen molar-refractivity contribution in [2.45, 2.75) is 58.2 Å². The van der Waals surface area contributed by atoms with Crippen LogP contribution in [0.1, 0.15) is 12.8 Å². The summed E-state index contributed by atoms with van der Waals surface area (Å²) in [4.78, 5) is 0. The van der Waals surface area contributed by atoms with Gasteiger partial charge >= 0.3 is 0 Å². The van der Waals surface area contributed by atoms with Gasteiger partial charge in [-0.15, -0.1) is 0 Å². The van der Waals surface area contributed by atoms with Crippen LogP contribution in [0.4, 0.5) is 0 Å². The molecule has 0 radical (unpaired) electrons. The molecule has 2 N–H and O–H groups in total. The van der Waals surface area contributed by atoms with E-state index >= 15 is 0 Å². The first-order valence-corrected chi connectivity index (χ1v) is 13.0. The summed E-state index contributed by atoms with van der Waals surface area (Å²) < 4.78 is 11.5. The Morgan fingerprint density at radius 3 is 1.38 bits per heavy atom. The van der Waals surface area contributed by atoms with Gasteiger partial charge in [-0.3, -0.25) is 0 Å². The van der Waals surface area contributed by atoms with Crippen LogP contribution in [0.2, 0.25) is 39.3 Å². The van der Waals surface area contributed by atoms with Gasteiger partial charge in [0.2, 0.25) is 0 Å². The molecule has 5 heteroatoms. The second-order valence-corrected chi connectivity index (χ2v) is 15.3. The van der Waals surface area contributed by atoms with Crippen LogP contribution in [-0.2, 0) is 8.85 Å². The summed E-state index contributed by atoms with van der Waals surface area (Å²) in [6, 6.07) is 0.215. The third-order valence-electron chi connectivity index (χ3n) is 2.05. The van der Waals surface area contributed by atoms with E-state index in [0.717, 1.165) is 26.1 Å². The van der Waals surface area contributed by atoms with E-state index in [9.17, 15) is 0 Å². The molecule has 0 aromatic heterocycles. The van der Waals surface area contributed by atoms with E-state index in [1.807, 2.05) is 0 Å². The second kappa shape index (κ2) is 6.91. The van der Waals surface area contributed by atoms with Gasteiger partial charge in [0.25, 0.3) is 0 Å². The lowest BCUT2D eigenvalue weighted by molar-refractivity contribution is 0.258. The summed E-state index contributed by atoms with van der Waals surface area (Å²) in [6.07, 6.45) is 1.89. The molecule has 98 valence electrons. The van der Waals surface area contributed by atoms with Crippen molar-refractivity contribution >= 4 is 16.6 Å². The van der Waals surface area contributed by atoms with Crippen LogP contribution in [0, 0.1) is 0 Å². The third kappa shape index (κ3) is 12.4. The average molecular weight is 264 g/mol. The van der Waals surface area contributed by atoms with Crippen LogP contribution in [0.3, 0.4) is 0 Å². The SMILES string of the molecule is C[Si](C)(C)OCCC(N)CCO[Si](C)(C)C. The molecule has 0 aromatic rings. The number of hydrogen-bond acceptors (Lipinski definition) is 3. The average Bonchev–Trinajstić information content (AvgIpc) is 1.98. The minimum atomic E-state index is -1.37. The fourth-order valence-corrected chi connectivity index (χ4v) is 2.64. The van der Waals surface area contributed by atoms with Crippen LogP contribution >= 0.6 is 0 Å². The summed E-state index contributed by atoms with van der Waals surface area (Å²) >= 11 is 0. The van der Waals surface area contributed by atoms with E-state index < -0.39 is 16.6 Å². The Morgan fingerprint density at radius 2 is 1.12 bits per heavy atom. The van der Waals surface area contributed by atoms with E-state index in [-0.39, 0.29) is 6.04 Å². The molecule has 16 heavy (non-hydrogen) atoms. The summed E-state index contributed by atoms with van der Waals surface area (Å²) in [5.74, 6) is 0. The minimum absolute atomic E-state index is 0.215. The highest BCUT2D eigenvalue weighted by atomic mass is 28.4. The summed E-state index contributed by atoms with van der Waals surface area (Å²) in [6.45, 7) is 14.8. The van der Waals surface area contributed by atoms with Crippen LogP contribution in [0.5, 0.6) is 0 Å². The van der Waals surface area contributed by atoms with E-state index in [4.69, 9.17) is 14.6 Å². The van der Waals surface area contributed by atoms with Gasteiger partial charge in [0.05, 0.1) is 0 Å². The van der Waals surface area contributed by atoms with Crippen molar-refractivity contribution in [2.24, 2.45) is 5.73 Å². The normalized spacial score (nSPS) is 13.5. The van der Waals surface area contributed by atoms with Crippen LogP contribution in [0.15, 0.2) is 0 Å². The van der Waals surface area contributed by atoms with Gasteiger partial charge < -0.3 is 14.6 Å². The van der Waals surface area contributed by atoms with Gasteiger partial charge in [-0.25, -0.2) is 0 Å². The van der Waals surface area contributed by atoms with Crippen molar-refractivity contribution in [3.8, 4) is 0 Å². The molecule has 0 aliphatic carbocycles. The Morgan fingerprint density at radius 1 is 0.812 bits per heavy atom. The zero-order chi connectivity index (χ0) is 12.8. The maximum absolute atomic E-state index is 6.00. The summed E-state index contributed by atoms with van der Waals surface area (Å²) in [7, 11) is -2.73. The Labute approximate surface area is 103 Å². The van der Waals surface area contributed by atoms with Gasteiger partial charge in [0, 0.05) is 19.3 Å². The fraction of sp³-hybridized carbons (Fsp3) is 1.00. The molecule has 0 unspecified atom stereocenters. The molecular formula is C11H29NO2Si2. The molecule has 0 fully saturated rings. The highest BCUT2D eigenvalue weighted by Gasteiger charge is 2.16. The summed E-state index contributed by atoms with van der Waals surface area (Å²) in [5.41, 5.74) is 6.00. The van der Waals surface area contributed by atoms with Crippen LogP contribution < -0.4 is 5.73 Å². The van der Waals surface area contributed by atoms with Gasteiger partial charge in [0.15, 0.2) is 16.6 Å². The zero-order valence-corrected chi connectivity index (χ0v) is 13.8. The van der Waals surface area contributed by atoms with Gasteiger partial charge in [-0.05, 0) is 52.1 Å². The second-order valence-electron chi connectivity index (χ2n) is 6.26. The lowest BCUT2D eigenvalue weighted by atomic mass is 10.2. The lowest BCUT2D eigenvalue weighted by Gasteiger charge is -2.21. The van der Waals surface area contributed by atoms with Gasteiger partial charge in [-0.2, -0.15) is 0 Å². The van der Waals surface area contributed by atoms with E-state index in [1.54, 1.807) is 0 Å². The molecule has 0 bridgehead atoms. The molecule has 0 aromatic carbocycles. The minimum Gasteiger partial charge on any atom is -0.418 e. The smallest absolute Gasteiger partial charge is 0.183 e. The van der Waals surface area contributed by atoms with E-state index in [2.05, 4.69) is 39.3 Å². The van der Waals surface area contributed by atoms with Gasteiger partial charge in [0.1, 0.15) is 0 Å². The summed E-state index contributed by atoms with van der Waals surface area (Å²) in [5, 5.41) is 0. The molecule has 0 aliphatic rings. The molecule has 0 aliphatic heterocycles. The quantitative estimate of drug-likeness (QED) is 0.685. The third-order valence-corrected chi connectivity index (χ3v) is 4.19. The number of hydrogen-bond donors (Lipinski definition) is 1. The molecule has 0 rings (SSSR count). The van der Waals surface area contributed by atoms with Crippen molar-refractivity contribution in [3.63, 3.8) is 0 Å². The van der Waals surface area contributed by atoms with E-state index in [1.165, 1.54) is 0 Å². The molecule has 0 saturated heterocycles. The Bertz CT molecular complexity index is 167. The molecule has 0 amide bonds. The Kier molecular flexibility index (Phi) is 7.04. The van der Waals surface area contributed by atoms with Crippen molar-refractivity contribution in [1.29, 1.82) is 0 Å². The number of rotatable bonds is 8. The monoisotopic (exact) mass is 263 g/mol.